The zero-order valence-corrected chi connectivity index (χ0v) is 11.4. The number of nitrogens with one attached hydrogen (secondary N) is 1. The largest absolute Gasteiger partial charge is 0.339 e. The highest BCUT2D eigenvalue weighted by Gasteiger charge is 2.27. The highest BCUT2D eigenvalue weighted by atomic mass is 16.5. The van der Waals surface area contributed by atoms with Crippen LogP contribution in [0.4, 0.5) is 0 Å². The maximum Gasteiger partial charge on any atom is 0.230 e. The number of hydrogen-bond acceptors (Lipinski definition) is 4. The molecule has 0 spiro atoms. The maximum atomic E-state index is 5.41. The van der Waals surface area contributed by atoms with Crippen LogP contribution >= 0.6 is 0 Å². The molecule has 1 aromatic carbocycles. The van der Waals surface area contributed by atoms with E-state index >= 15 is 0 Å². The van der Waals surface area contributed by atoms with Crippen LogP contribution in [-0.2, 0) is 19.4 Å². The monoisotopic (exact) mass is 257 g/mol. The second kappa shape index (κ2) is 5.13. The molecule has 0 atom stereocenters. The minimum absolute atomic E-state index is 0.345. The summed E-state index contributed by atoms with van der Waals surface area (Å²) in [4.78, 5) is 4.51. The lowest BCUT2D eigenvalue weighted by Gasteiger charge is -2.03. The molecule has 1 aliphatic rings. The van der Waals surface area contributed by atoms with Gasteiger partial charge in [-0.2, -0.15) is 4.98 Å². The Kier molecular flexibility index (Phi) is 3.34. The summed E-state index contributed by atoms with van der Waals surface area (Å²) in [6, 6.07) is 8.98. The van der Waals surface area contributed by atoms with Crippen LogP contribution in [0.15, 0.2) is 28.8 Å². The summed E-state index contributed by atoms with van der Waals surface area (Å²) in [5.74, 6) is 1.87. The van der Waals surface area contributed by atoms with Crippen molar-refractivity contribution in [2.75, 3.05) is 0 Å². The minimum Gasteiger partial charge on any atom is -0.339 e. The van der Waals surface area contributed by atoms with Gasteiger partial charge in [0.1, 0.15) is 0 Å². The molecule has 4 heteroatoms. The molecule has 4 nitrogen and oxygen atoms in total. The predicted molar refractivity (Wildman–Crippen MR) is 72.9 cm³/mol. The van der Waals surface area contributed by atoms with Crippen molar-refractivity contribution in [3.05, 3.63) is 47.1 Å². The van der Waals surface area contributed by atoms with E-state index in [1.165, 1.54) is 11.1 Å². The number of rotatable bonds is 4. The van der Waals surface area contributed by atoms with E-state index in [-0.39, 0.29) is 0 Å². The summed E-state index contributed by atoms with van der Waals surface area (Å²) in [6.45, 7) is 4.88. The van der Waals surface area contributed by atoms with Crippen LogP contribution in [0, 0.1) is 0 Å². The lowest BCUT2D eigenvalue weighted by Crippen LogP contribution is -2.22. The molecule has 0 radical (unpaired) electrons. The Labute approximate surface area is 113 Å². The molecular formula is C15H19N3O. The van der Waals surface area contributed by atoms with Crippen LogP contribution < -0.4 is 5.32 Å². The Morgan fingerprint density at radius 3 is 2.58 bits per heavy atom. The molecule has 1 aliphatic carbocycles. The van der Waals surface area contributed by atoms with Gasteiger partial charge >= 0.3 is 0 Å². The number of fused-ring (bicyclic) bond motifs is 1. The fourth-order valence-corrected chi connectivity index (χ4v) is 2.53. The van der Waals surface area contributed by atoms with Gasteiger partial charge in [-0.15, -0.1) is 0 Å². The van der Waals surface area contributed by atoms with Crippen molar-refractivity contribution >= 4 is 0 Å². The van der Waals surface area contributed by atoms with Gasteiger partial charge in [-0.05, 0) is 24.0 Å². The quantitative estimate of drug-likeness (QED) is 0.914. The van der Waals surface area contributed by atoms with Crippen molar-refractivity contribution in [3.8, 4) is 0 Å². The highest BCUT2D eigenvalue weighted by Crippen LogP contribution is 2.32. The van der Waals surface area contributed by atoms with E-state index in [1.807, 2.05) is 0 Å². The van der Waals surface area contributed by atoms with E-state index in [0.29, 0.717) is 18.5 Å². The van der Waals surface area contributed by atoms with Crippen molar-refractivity contribution in [2.45, 2.75) is 45.2 Å². The number of aromatic nitrogens is 2. The van der Waals surface area contributed by atoms with E-state index in [1.54, 1.807) is 0 Å². The van der Waals surface area contributed by atoms with Gasteiger partial charge in [0.15, 0.2) is 5.82 Å². The zero-order chi connectivity index (χ0) is 13.2. The lowest BCUT2D eigenvalue weighted by atomic mass is 10.1. The van der Waals surface area contributed by atoms with Gasteiger partial charge in [0.25, 0.3) is 0 Å². The summed E-state index contributed by atoms with van der Waals surface area (Å²) in [6.07, 6.45) is 2.02. The lowest BCUT2D eigenvalue weighted by molar-refractivity contribution is 0.350. The third-order valence-corrected chi connectivity index (χ3v) is 3.55. The first kappa shape index (κ1) is 12.4. The second-order valence-electron chi connectivity index (χ2n) is 5.46. The standard InChI is InChI=1S/C15H19N3O/c1-10(2)16-9-14-17-15(19-18-14)13-7-11-5-3-4-6-12(11)8-13/h3-6,10,13,16H,7-9H2,1-2H3. The van der Waals surface area contributed by atoms with E-state index < -0.39 is 0 Å². The van der Waals surface area contributed by atoms with Crippen molar-refractivity contribution in [1.82, 2.24) is 15.5 Å². The Morgan fingerprint density at radius 1 is 1.26 bits per heavy atom. The van der Waals surface area contributed by atoms with E-state index in [0.717, 1.165) is 24.6 Å². The molecular weight excluding hydrogens is 238 g/mol. The Bertz CT molecular complexity index is 537. The third-order valence-electron chi connectivity index (χ3n) is 3.55. The molecule has 0 unspecified atom stereocenters. The van der Waals surface area contributed by atoms with Crippen LogP contribution in [0.3, 0.4) is 0 Å². The van der Waals surface area contributed by atoms with Crippen LogP contribution in [0.5, 0.6) is 0 Å². The van der Waals surface area contributed by atoms with Gasteiger partial charge < -0.3 is 9.84 Å². The van der Waals surface area contributed by atoms with Crippen LogP contribution in [-0.4, -0.2) is 16.2 Å². The summed E-state index contributed by atoms with van der Waals surface area (Å²) in [5.41, 5.74) is 2.82. The van der Waals surface area contributed by atoms with Gasteiger partial charge in [0.05, 0.1) is 6.54 Å². The number of hydrogen-bond donors (Lipinski definition) is 1. The van der Waals surface area contributed by atoms with Gasteiger partial charge in [0, 0.05) is 12.0 Å². The molecule has 0 fully saturated rings. The molecule has 0 saturated carbocycles. The predicted octanol–water partition coefficient (Wildman–Crippen LogP) is 2.45. The molecule has 1 N–H and O–H groups in total. The second-order valence-corrected chi connectivity index (χ2v) is 5.46. The molecule has 0 aliphatic heterocycles. The Balaban J connectivity index is 1.68. The van der Waals surface area contributed by atoms with Crippen molar-refractivity contribution < 1.29 is 4.52 Å². The SMILES string of the molecule is CC(C)NCc1noc(C2Cc3ccccc3C2)n1. The normalized spacial score (nSPS) is 15.1. The number of benzene rings is 1. The minimum atomic E-state index is 0.345. The summed E-state index contributed by atoms with van der Waals surface area (Å²) in [7, 11) is 0. The summed E-state index contributed by atoms with van der Waals surface area (Å²) >= 11 is 0. The van der Waals surface area contributed by atoms with Crippen molar-refractivity contribution in [3.63, 3.8) is 0 Å². The Hall–Kier alpha value is -1.68. The summed E-state index contributed by atoms with van der Waals surface area (Å²) in [5, 5.41) is 7.34. The first-order valence-corrected chi connectivity index (χ1v) is 6.85. The zero-order valence-electron chi connectivity index (χ0n) is 11.4. The van der Waals surface area contributed by atoms with Crippen LogP contribution in [0.1, 0.15) is 42.6 Å². The van der Waals surface area contributed by atoms with Gasteiger partial charge in [0.2, 0.25) is 5.89 Å². The average Bonchev–Trinajstić information content (AvgIpc) is 3.02. The first-order valence-electron chi connectivity index (χ1n) is 6.85. The molecule has 19 heavy (non-hydrogen) atoms. The first-order chi connectivity index (χ1) is 9.22. The molecule has 100 valence electrons. The van der Waals surface area contributed by atoms with Crippen LogP contribution in [0.2, 0.25) is 0 Å². The van der Waals surface area contributed by atoms with Gasteiger partial charge in [-0.25, -0.2) is 0 Å². The smallest absolute Gasteiger partial charge is 0.230 e. The maximum absolute atomic E-state index is 5.41. The summed E-state index contributed by atoms with van der Waals surface area (Å²) < 4.78 is 5.41. The molecule has 3 rings (SSSR count). The third kappa shape index (κ3) is 2.68. The van der Waals surface area contributed by atoms with Gasteiger partial charge in [-0.3, -0.25) is 0 Å². The fraction of sp³-hybridized carbons (Fsp3) is 0.467. The molecule has 2 aromatic rings. The highest BCUT2D eigenvalue weighted by molar-refractivity contribution is 5.34. The molecule has 0 amide bonds. The fourth-order valence-electron chi connectivity index (χ4n) is 2.53. The topological polar surface area (TPSA) is 51.0 Å². The van der Waals surface area contributed by atoms with Gasteiger partial charge in [-0.1, -0.05) is 43.3 Å². The number of nitrogens with zero attached hydrogens (tertiary/aromatic N) is 2. The molecule has 1 aromatic heterocycles. The van der Waals surface area contributed by atoms with E-state index in [2.05, 4.69) is 53.6 Å². The molecule has 0 bridgehead atoms. The van der Waals surface area contributed by atoms with Crippen LogP contribution in [0.25, 0.3) is 0 Å². The Morgan fingerprint density at radius 2 is 1.95 bits per heavy atom. The molecule has 0 saturated heterocycles. The molecule has 1 heterocycles. The van der Waals surface area contributed by atoms with E-state index in [4.69, 9.17) is 4.52 Å². The van der Waals surface area contributed by atoms with Crippen molar-refractivity contribution in [1.29, 1.82) is 0 Å². The van der Waals surface area contributed by atoms with E-state index in [9.17, 15) is 0 Å². The van der Waals surface area contributed by atoms with Crippen molar-refractivity contribution in [2.24, 2.45) is 0 Å². The average molecular weight is 257 g/mol.